The Morgan fingerprint density at radius 3 is 2.21 bits per heavy atom. The van der Waals surface area contributed by atoms with Crippen LogP contribution in [0.4, 0.5) is 10.1 Å². The number of carbonyl (C=O) groups excluding carboxylic acids is 2. The molecule has 0 saturated heterocycles. The summed E-state index contributed by atoms with van der Waals surface area (Å²) in [6.07, 6.45) is 0. The average Bonchev–Trinajstić information content (AvgIpc) is 2.71. The fraction of sp³-hybridized carbons (Fsp3) is 0.130. The van der Waals surface area contributed by atoms with Crippen molar-refractivity contribution in [2.75, 3.05) is 5.32 Å². The summed E-state index contributed by atoms with van der Waals surface area (Å²) in [5.74, 6) is -0.898. The summed E-state index contributed by atoms with van der Waals surface area (Å²) in [6.45, 7) is 4.21. The predicted octanol–water partition coefficient (Wildman–Crippen LogP) is 4.62. The first-order chi connectivity index (χ1) is 13.4. The van der Waals surface area contributed by atoms with Crippen LogP contribution in [0.3, 0.4) is 0 Å². The van der Waals surface area contributed by atoms with E-state index in [2.05, 4.69) is 10.6 Å². The second-order valence-corrected chi connectivity index (χ2v) is 6.59. The van der Waals surface area contributed by atoms with E-state index < -0.39 is 0 Å². The van der Waals surface area contributed by atoms with Crippen molar-refractivity contribution in [3.05, 3.63) is 100 Å². The Balaban J connectivity index is 1.68. The molecule has 3 aromatic rings. The summed E-state index contributed by atoms with van der Waals surface area (Å²) < 4.78 is 12.9. The SMILES string of the molecule is Cc1cccc(NC(=O)c2cccc(C(=O)NCc3ccc(F)cc3)c2)c1C. The summed E-state index contributed by atoms with van der Waals surface area (Å²) in [5, 5.41) is 5.66. The maximum Gasteiger partial charge on any atom is 0.255 e. The lowest BCUT2D eigenvalue weighted by molar-refractivity contribution is 0.0951. The van der Waals surface area contributed by atoms with Gasteiger partial charge in [-0.3, -0.25) is 9.59 Å². The number of halogens is 1. The van der Waals surface area contributed by atoms with E-state index in [9.17, 15) is 14.0 Å². The number of hydrogen-bond donors (Lipinski definition) is 2. The number of hydrogen-bond acceptors (Lipinski definition) is 2. The molecule has 0 radical (unpaired) electrons. The van der Waals surface area contributed by atoms with Crippen LogP contribution < -0.4 is 10.6 Å². The van der Waals surface area contributed by atoms with Gasteiger partial charge >= 0.3 is 0 Å². The average molecular weight is 376 g/mol. The van der Waals surface area contributed by atoms with Crippen LogP contribution in [0.1, 0.15) is 37.4 Å². The normalized spacial score (nSPS) is 10.4. The van der Waals surface area contributed by atoms with E-state index in [1.165, 1.54) is 12.1 Å². The maximum atomic E-state index is 12.9. The quantitative estimate of drug-likeness (QED) is 0.682. The minimum atomic E-state index is -0.322. The highest BCUT2D eigenvalue weighted by Crippen LogP contribution is 2.19. The van der Waals surface area contributed by atoms with Crippen LogP contribution in [0, 0.1) is 19.7 Å². The lowest BCUT2D eigenvalue weighted by Crippen LogP contribution is -2.23. The van der Waals surface area contributed by atoms with Gasteiger partial charge in [-0.05, 0) is 66.9 Å². The van der Waals surface area contributed by atoms with Gasteiger partial charge < -0.3 is 10.6 Å². The van der Waals surface area contributed by atoms with Crippen LogP contribution >= 0.6 is 0 Å². The smallest absolute Gasteiger partial charge is 0.255 e. The van der Waals surface area contributed by atoms with E-state index in [-0.39, 0.29) is 24.2 Å². The molecule has 0 aliphatic rings. The number of rotatable bonds is 5. The minimum Gasteiger partial charge on any atom is -0.348 e. The molecule has 0 saturated carbocycles. The number of nitrogens with one attached hydrogen (secondary N) is 2. The molecule has 0 spiro atoms. The Hall–Kier alpha value is -3.47. The minimum absolute atomic E-state index is 0.276. The van der Waals surface area contributed by atoms with Gasteiger partial charge in [0.1, 0.15) is 5.82 Å². The topological polar surface area (TPSA) is 58.2 Å². The molecule has 2 amide bonds. The molecule has 0 fully saturated rings. The molecule has 0 unspecified atom stereocenters. The van der Waals surface area contributed by atoms with Crippen molar-refractivity contribution < 1.29 is 14.0 Å². The third-order valence-corrected chi connectivity index (χ3v) is 4.61. The van der Waals surface area contributed by atoms with E-state index in [0.29, 0.717) is 11.1 Å². The lowest BCUT2D eigenvalue weighted by Gasteiger charge is -2.11. The van der Waals surface area contributed by atoms with Crippen LogP contribution in [0.25, 0.3) is 0 Å². The molecule has 5 heteroatoms. The second kappa shape index (κ2) is 8.48. The van der Waals surface area contributed by atoms with Crippen LogP contribution in [0.2, 0.25) is 0 Å². The summed E-state index contributed by atoms with van der Waals surface area (Å²) in [4.78, 5) is 25.0. The number of aryl methyl sites for hydroxylation is 1. The Bertz CT molecular complexity index is 1010. The van der Waals surface area contributed by atoms with Crippen molar-refractivity contribution in [3.63, 3.8) is 0 Å². The zero-order chi connectivity index (χ0) is 20.1. The lowest BCUT2D eigenvalue weighted by atomic mass is 10.1. The Morgan fingerprint density at radius 2 is 1.50 bits per heavy atom. The van der Waals surface area contributed by atoms with Gasteiger partial charge in [0.05, 0.1) is 0 Å². The van der Waals surface area contributed by atoms with Crippen molar-refractivity contribution in [1.82, 2.24) is 5.32 Å². The zero-order valence-corrected chi connectivity index (χ0v) is 15.8. The fourth-order valence-electron chi connectivity index (χ4n) is 2.77. The molecule has 0 heterocycles. The highest BCUT2D eigenvalue weighted by atomic mass is 19.1. The van der Waals surface area contributed by atoms with E-state index in [0.717, 1.165) is 22.4 Å². The maximum absolute atomic E-state index is 12.9. The highest BCUT2D eigenvalue weighted by molar-refractivity contribution is 6.06. The summed E-state index contributed by atoms with van der Waals surface area (Å²) in [5.41, 5.74) is 4.41. The molecular formula is C23H21FN2O2. The largest absolute Gasteiger partial charge is 0.348 e. The third-order valence-electron chi connectivity index (χ3n) is 4.61. The van der Waals surface area contributed by atoms with Crippen molar-refractivity contribution in [3.8, 4) is 0 Å². The van der Waals surface area contributed by atoms with E-state index in [1.54, 1.807) is 36.4 Å². The number of benzene rings is 3. The monoisotopic (exact) mass is 376 g/mol. The van der Waals surface area contributed by atoms with Gasteiger partial charge in [0, 0.05) is 23.4 Å². The predicted molar refractivity (Wildman–Crippen MR) is 108 cm³/mol. The fourth-order valence-corrected chi connectivity index (χ4v) is 2.77. The molecule has 2 N–H and O–H groups in total. The van der Waals surface area contributed by atoms with Crippen molar-refractivity contribution >= 4 is 17.5 Å². The van der Waals surface area contributed by atoms with Crippen molar-refractivity contribution in [1.29, 1.82) is 0 Å². The van der Waals surface area contributed by atoms with Crippen molar-refractivity contribution in [2.24, 2.45) is 0 Å². The van der Waals surface area contributed by atoms with Gasteiger partial charge in [0.25, 0.3) is 11.8 Å². The number of anilines is 1. The summed E-state index contributed by atoms with van der Waals surface area (Å²) in [6, 6.07) is 18.2. The van der Waals surface area contributed by atoms with Gasteiger partial charge in [-0.15, -0.1) is 0 Å². The molecule has 0 aliphatic carbocycles. The van der Waals surface area contributed by atoms with E-state index in [4.69, 9.17) is 0 Å². The molecule has 142 valence electrons. The summed E-state index contributed by atoms with van der Waals surface area (Å²) in [7, 11) is 0. The second-order valence-electron chi connectivity index (χ2n) is 6.59. The van der Waals surface area contributed by atoms with E-state index in [1.807, 2.05) is 32.0 Å². The molecule has 3 aromatic carbocycles. The molecule has 0 aliphatic heterocycles. The van der Waals surface area contributed by atoms with E-state index >= 15 is 0 Å². The molecule has 0 aromatic heterocycles. The van der Waals surface area contributed by atoms with Crippen LogP contribution in [-0.2, 0) is 6.54 Å². The molecule has 0 atom stereocenters. The molecular weight excluding hydrogens is 355 g/mol. The van der Waals surface area contributed by atoms with Crippen LogP contribution in [0.15, 0.2) is 66.7 Å². The van der Waals surface area contributed by atoms with Gasteiger partial charge in [0.2, 0.25) is 0 Å². The Kier molecular flexibility index (Phi) is 5.84. The highest BCUT2D eigenvalue weighted by Gasteiger charge is 2.12. The third kappa shape index (κ3) is 4.62. The first kappa shape index (κ1) is 19.3. The molecule has 28 heavy (non-hydrogen) atoms. The zero-order valence-electron chi connectivity index (χ0n) is 15.8. The Labute approximate surface area is 163 Å². The molecule has 4 nitrogen and oxygen atoms in total. The Morgan fingerprint density at radius 1 is 0.857 bits per heavy atom. The summed E-state index contributed by atoms with van der Waals surface area (Å²) >= 11 is 0. The van der Waals surface area contributed by atoms with Crippen molar-refractivity contribution in [2.45, 2.75) is 20.4 Å². The first-order valence-electron chi connectivity index (χ1n) is 8.94. The van der Waals surface area contributed by atoms with Gasteiger partial charge in [-0.1, -0.05) is 30.3 Å². The number of amides is 2. The molecule has 0 bridgehead atoms. The standard InChI is InChI=1S/C23H21FN2O2/c1-15-5-3-8-21(16(15)2)26-23(28)19-7-4-6-18(13-19)22(27)25-14-17-9-11-20(24)12-10-17/h3-13H,14H2,1-2H3,(H,25,27)(H,26,28). The van der Waals surface area contributed by atoms with Gasteiger partial charge in [0.15, 0.2) is 0 Å². The molecule has 3 rings (SSSR count). The van der Waals surface area contributed by atoms with Gasteiger partial charge in [-0.25, -0.2) is 4.39 Å². The number of carbonyl (C=O) groups is 2. The van der Waals surface area contributed by atoms with Crippen LogP contribution in [0.5, 0.6) is 0 Å². The first-order valence-corrected chi connectivity index (χ1v) is 8.94. The van der Waals surface area contributed by atoms with Gasteiger partial charge in [-0.2, -0.15) is 0 Å². The van der Waals surface area contributed by atoms with Crippen LogP contribution in [-0.4, -0.2) is 11.8 Å².